The number of benzene rings is 2. The smallest absolute Gasteiger partial charge is 0.290 e. The first-order valence-electron chi connectivity index (χ1n) is 12.6. The highest BCUT2D eigenvalue weighted by Crippen LogP contribution is 2.41. The molecule has 0 aliphatic carbocycles. The lowest BCUT2D eigenvalue weighted by atomic mass is 9.97. The van der Waals surface area contributed by atoms with Crippen LogP contribution in [-0.4, -0.2) is 56.6 Å². The van der Waals surface area contributed by atoms with Gasteiger partial charge in [0.25, 0.3) is 5.91 Å². The van der Waals surface area contributed by atoms with Gasteiger partial charge >= 0.3 is 0 Å². The van der Waals surface area contributed by atoms with Crippen molar-refractivity contribution in [1.29, 1.82) is 0 Å². The molecule has 1 amide bonds. The first-order valence-corrected chi connectivity index (χ1v) is 12.6. The molecular formula is C29H36N2O5. The van der Waals surface area contributed by atoms with Crippen LogP contribution in [0.2, 0.25) is 0 Å². The molecule has 0 N–H and O–H groups in total. The highest BCUT2D eigenvalue weighted by molar-refractivity contribution is 5.99. The van der Waals surface area contributed by atoms with E-state index in [0.717, 1.165) is 42.5 Å². The summed E-state index contributed by atoms with van der Waals surface area (Å²) in [5, 5.41) is 0.497. The molecule has 0 unspecified atom stereocenters. The van der Waals surface area contributed by atoms with Crippen molar-refractivity contribution >= 4 is 16.9 Å². The second-order valence-corrected chi connectivity index (χ2v) is 9.78. The lowest BCUT2D eigenvalue weighted by Crippen LogP contribution is -2.32. The Balaban J connectivity index is 1.84. The van der Waals surface area contributed by atoms with E-state index in [0.29, 0.717) is 41.2 Å². The molecule has 4 rings (SSSR count). The predicted octanol–water partition coefficient (Wildman–Crippen LogP) is 5.09. The van der Waals surface area contributed by atoms with Crippen LogP contribution in [0.3, 0.4) is 0 Å². The van der Waals surface area contributed by atoms with Crippen LogP contribution in [0, 0.1) is 13.8 Å². The number of fused-ring (bicyclic) bond motifs is 2. The summed E-state index contributed by atoms with van der Waals surface area (Å²) in [6, 6.07) is 8.79. The number of unbranched alkanes of at least 4 members (excludes halogenated alkanes) is 1. The van der Waals surface area contributed by atoms with Gasteiger partial charge in [-0.05, 0) is 88.3 Å². The van der Waals surface area contributed by atoms with Crippen molar-refractivity contribution in [2.45, 2.75) is 46.1 Å². The van der Waals surface area contributed by atoms with E-state index in [4.69, 9.17) is 13.9 Å². The van der Waals surface area contributed by atoms with Crippen LogP contribution in [0.4, 0.5) is 0 Å². The Kier molecular flexibility index (Phi) is 7.69. The van der Waals surface area contributed by atoms with E-state index in [1.54, 1.807) is 12.0 Å². The normalized spacial score (nSPS) is 15.1. The Morgan fingerprint density at radius 2 is 1.78 bits per heavy atom. The molecule has 0 saturated heterocycles. The van der Waals surface area contributed by atoms with E-state index in [2.05, 4.69) is 11.8 Å². The van der Waals surface area contributed by atoms with Gasteiger partial charge in [0.05, 0.1) is 30.7 Å². The van der Waals surface area contributed by atoms with Gasteiger partial charge in [0.1, 0.15) is 5.58 Å². The lowest BCUT2D eigenvalue weighted by Gasteiger charge is -2.26. The molecule has 1 aromatic heterocycles. The molecule has 0 spiro atoms. The molecule has 7 nitrogen and oxygen atoms in total. The minimum Gasteiger partial charge on any atom is -0.493 e. The van der Waals surface area contributed by atoms with E-state index < -0.39 is 6.04 Å². The van der Waals surface area contributed by atoms with Crippen molar-refractivity contribution in [3.8, 4) is 11.5 Å². The third kappa shape index (κ3) is 4.85. The Morgan fingerprint density at radius 1 is 1.03 bits per heavy atom. The molecule has 0 saturated carbocycles. The summed E-state index contributed by atoms with van der Waals surface area (Å²) in [6.45, 7) is 7.97. The lowest BCUT2D eigenvalue weighted by molar-refractivity contribution is 0.0722. The van der Waals surface area contributed by atoms with Crippen molar-refractivity contribution in [3.05, 3.63) is 68.6 Å². The molecule has 1 aliphatic rings. The standard InChI is InChI=1S/C29H36N2O5/c1-7-8-14-35-22-11-10-20(17-24(22)34-6)26-25-27(32)21-15-18(2)19(3)16-23(21)36-28(25)29(33)31(26)13-9-12-30(4)5/h10-11,15-17,26H,7-9,12-14H2,1-6H3/t26-/m1/s1. The molecule has 7 heteroatoms. The number of ether oxygens (including phenoxy) is 2. The van der Waals surface area contributed by atoms with Crippen LogP contribution in [-0.2, 0) is 0 Å². The van der Waals surface area contributed by atoms with Gasteiger partial charge in [-0.1, -0.05) is 19.4 Å². The van der Waals surface area contributed by atoms with Crippen molar-refractivity contribution < 1.29 is 18.7 Å². The molecule has 0 bridgehead atoms. The maximum absolute atomic E-state index is 13.8. The summed E-state index contributed by atoms with van der Waals surface area (Å²) in [6.07, 6.45) is 2.75. The molecule has 0 fully saturated rings. The molecule has 2 heterocycles. The maximum atomic E-state index is 13.8. The van der Waals surface area contributed by atoms with Gasteiger partial charge in [-0.25, -0.2) is 0 Å². The Bertz CT molecular complexity index is 1330. The molecule has 192 valence electrons. The summed E-state index contributed by atoms with van der Waals surface area (Å²) in [7, 11) is 5.60. The number of rotatable bonds is 10. The van der Waals surface area contributed by atoms with E-state index in [1.165, 1.54) is 0 Å². The zero-order valence-electron chi connectivity index (χ0n) is 22.1. The number of methoxy groups -OCH3 is 1. The molecule has 1 aliphatic heterocycles. The zero-order valence-corrected chi connectivity index (χ0v) is 22.1. The van der Waals surface area contributed by atoms with E-state index in [-0.39, 0.29) is 17.1 Å². The zero-order chi connectivity index (χ0) is 26.0. The van der Waals surface area contributed by atoms with Crippen LogP contribution < -0.4 is 14.9 Å². The van der Waals surface area contributed by atoms with Crippen LogP contribution >= 0.6 is 0 Å². The van der Waals surface area contributed by atoms with E-state index in [1.807, 2.05) is 58.3 Å². The Hall–Kier alpha value is -3.32. The fraction of sp³-hybridized carbons (Fsp3) is 0.448. The number of amides is 1. The summed E-state index contributed by atoms with van der Waals surface area (Å²) < 4.78 is 17.7. The quantitative estimate of drug-likeness (QED) is 0.367. The number of hydrogen-bond donors (Lipinski definition) is 0. The van der Waals surface area contributed by atoms with Crippen molar-refractivity contribution in [2.75, 3.05) is 40.9 Å². The van der Waals surface area contributed by atoms with Gasteiger partial charge in [0.2, 0.25) is 5.76 Å². The first kappa shape index (κ1) is 25.8. The van der Waals surface area contributed by atoms with Crippen molar-refractivity contribution in [1.82, 2.24) is 9.80 Å². The number of hydrogen-bond acceptors (Lipinski definition) is 6. The van der Waals surface area contributed by atoms with Gasteiger partial charge in [0, 0.05) is 6.54 Å². The molecule has 1 atom stereocenters. The van der Waals surface area contributed by atoms with Crippen LogP contribution in [0.15, 0.2) is 39.5 Å². The summed E-state index contributed by atoms with van der Waals surface area (Å²) in [5.41, 5.74) is 3.49. The predicted molar refractivity (Wildman–Crippen MR) is 141 cm³/mol. The van der Waals surface area contributed by atoms with Gasteiger partial charge in [0.15, 0.2) is 16.9 Å². The molecule has 3 aromatic rings. The Morgan fingerprint density at radius 3 is 2.47 bits per heavy atom. The number of nitrogens with zero attached hydrogens (tertiary/aromatic N) is 2. The molecule has 36 heavy (non-hydrogen) atoms. The van der Waals surface area contributed by atoms with Gasteiger partial charge in [-0.15, -0.1) is 0 Å². The number of carbonyl (C=O) groups excluding carboxylic acids is 1. The largest absolute Gasteiger partial charge is 0.493 e. The highest BCUT2D eigenvalue weighted by atomic mass is 16.5. The average molecular weight is 493 g/mol. The fourth-order valence-corrected chi connectivity index (χ4v) is 4.71. The topological polar surface area (TPSA) is 72.2 Å². The van der Waals surface area contributed by atoms with Crippen molar-refractivity contribution in [2.24, 2.45) is 0 Å². The summed E-state index contributed by atoms with van der Waals surface area (Å²) in [4.78, 5) is 31.3. The van der Waals surface area contributed by atoms with Crippen LogP contribution in [0.5, 0.6) is 11.5 Å². The number of carbonyl (C=O) groups is 1. The molecular weight excluding hydrogens is 456 g/mol. The summed E-state index contributed by atoms with van der Waals surface area (Å²) >= 11 is 0. The minimum atomic E-state index is -0.560. The Labute approximate surface area is 212 Å². The van der Waals surface area contributed by atoms with Gasteiger partial charge < -0.3 is 23.7 Å². The van der Waals surface area contributed by atoms with E-state index >= 15 is 0 Å². The van der Waals surface area contributed by atoms with Crippen molar-refractivity contribution in [3.63, 3.8) is 0 Å². The van der Waals surface area contributed by atoms with Crippen LogP contribution in [0.25, 0.3) is 11.0 Å². The third-order valence-corrected chi connectivity index (χ3v) is 6.85. The fourth-order valence-electron chi connectivity index (χ4n) is 4.71. The molecule has 0 radical (unpaired) electrons. The van der Waals surface area contributed by atoms with E-state index in [9.17, 15) is 9.59 Å². The first-order chi connectivity index (χ1) is 17.3. The third-order valence-electron chi connectivity index (χ3n) is 6.85. The van der Waals surface area contributed by atoms with Gasteiger partial charge in [-0.2, -0.15) is 0 Å². The summed E-state index contributed by atoms with van der Waals surface area (Å²) in [5.74, 6) is 1.10. The van der Waals surface area contributed by atoms with Gasteiger partial charge in [-0.3, -0.25) is 9.59 Å². The monoisotopic (exact) mass is 492 g/mol. The maximum Gasteiger partial charge on any atom is 0.290 e. The minimum absolute atomic E-state index is 0.132. The second-order valence-electron chi connectivity index (χ2n) is 9.78. The highest BCUT2D eigenvalue weighted by Gasteiger charge is 2.42. The average Bonchev–Trinajstić information content (AvgIpc) is 3.12. The SMILES string of the molecule is CCCCOc1ccc([C@@H]2c3c(oc4cc(C)c(C)cc4c3=O)C(=O)N2CCCN(C)C)cc1OC. The second kappa shape index (κ2) is 10.7. The van der Waals surface area contributed by atoms with Crippen LogP contribution in [0.1, 0.15) is 65.0 Å². The molecule has 2 aromatic carbocycles. The number of aryl methyl sites for hydroxylation is 2.